The Morgan fingerprint density at radius 2 is 2.33 bits per heavy atom. The Bertz CT molecular complexity index is 143. The first-order chi connectivity index (χ1) is 4.30. The molecule has 0 fully saturated rings. The lowest BCUT2D eigenvalue weighted by molar-refractivity contribution is 0.903. The van der Waals surface area contributed by atoms with Crippen molar-refractivity contribution in [2.75, 3.05) is 6.16 Å². The Morgan fingerprint density at radius 3 is 2.67 bits per heavy atom. The lowest BCUT2D eigenvalue weighted by atomic mass is 10.1. The fourth-order valence-corrected chi connectivity index (χ4v) is 2.01. The predicted molar refractivity (Wildman–Crippen MR) is 45.4 cm³/mol. The van der Waals surface area contributed by atoms with Crippen molar-refractivity contribution >= 4 is 13.5 Å². The number of rotatable bonds is 1. The van der Waals surface area contributed by atoms with Gasteiger partial charge in [0.1, 0.15) is 0 Å². The Kier molecular flexibility index (Phi) is 2.48. The highest BCUT2D eigenvalue weighted by Gasteiger charge is 2.00. The van der Waals surface area contributed by atoms with E-state index < -0.39 is 0 Å². The predicted octanol–water partition coefficient (Wildman–Crippen LogP) is 2.72. The van der Waals surface area contributed by atoms with Gasteiger partial charge in [0.25, 0.3) is 0 Å². The van der Waals surface area contributed by atoms with Crippen LogP contribution in [0.3, 0.4) is 0 Å². The molecule has 0 aromatic rings. The zero-order valence-corrected chi connectivity index (χ0v) is 6.99. The van der Waals surface area contributed by atoms with Crippen molar-refractivity contribution < 1.29 is 0 Å². The molecule has 1 aliphatic rings. The van der Waals surface area contributed by atoms with E-state index in [4.69, 9.17) is 0 Å². The molecule has 50 valence electrons. The molecule has 0 radical (unpaired) electrons. The second-order valence-electron chi connectivity index (χ2n) is 2.65. The van der Waals surface area contributed by atoms with Crippen molar-refractivity contribution in [2.24, 2.45) is 5.92 Å². The average molecular weight is 140 g/mol. The van der Waals surface area contributed by atoms with Crippen LogP contribution in [0.25, 0.3) is 0 Å². The maximum Gasteiger partial charge on any atom is -0.00689 e. The SMILES string of the molecule is CC(C)C1=PCCC=C1. The normalized spacial score (nSPS) is 20.1. The Balaban J connectivity index is 2.58. The lowest BCUT2D eigenvalue weighted by Crippen LogP contribution is -2.02. The van der Waals surface area contributed by atoms with E-state index in [9.17, 15) is 0 Å². The second kappa shape index (κ2) is 3.17. The van der Waals surface area contributed by atoms with Crippen LogP contribution >= 0.6 is 8.20 Å². The molecule has 1 heterocycles. The summed E-state index contributed by atoms with van der Waals surface area (Å²) in [4.78, 5) is 0. The van der Waals surface area contributed by atoms with Gasteiger partial charge in [0.15, 0.2) is 0 Å². The summed E-state index contributed by atoms with van der Waals surface area (Å²) in [6, 6.07) is 0. The second-order valence-corrected chi connectivity index (χ2v) is 3.93. The van der Waals surface area contributed by atoms with Crippen LogP contribution < -0.4 is 0 Å². The molecule has 0 amide bonds. The van der Waals surface area contributed by atoms with Gasteiger partial charge in [-0.1, -0.05) is 26.0 Å². The summed E-state index contributed by atoms with van der Waals surface area (Å²) in [5.41, 5.74) is 0. The van der Waals surface area contributed by atoms with Gasteiger partial charge in [0, 0.05) is 0 Å². The standard InChI is InChI=1S/C8H13P/c1-7(2)8-5-3-4-6-9-8/h3,5,7H,4,6H2,1-2H3. The van der Waals surface area contributed by atoms with Crippen LogP contribution in [0.5, 0.6) is 0 Å². The first-order valence-electron chi connectivity index (χ1n) is 3.51. The van der Waals surface area contributed by atoms with Crippen LogP contribution in [0.4, 0.5) is 0 Å². The molecule has 0 aromatic heterocycles. The first kappa shape index (κ1) is 7.02. The molecule has 0 bridgehead atoms. The molecule has 0 aromatic carbocycles. The highest BCUT2D eigenvalue weighted by atomic mass is 31.1. The van der Waals surface area contributed by atoms with Crippen molar-refractivity contribution in [3.05, 3.63) is 12.2 Å². The molecule has 1 aliphatic heterocycles. The largest absolute Gasteiger partial charge is 0.100 e. The minimum Gasteiger partial charge on any atom is -0.100 e. The Hall–Kier alpha value is -0.0900. The fraction of sp³-hybridized carbons (Fsp3) is 0.625. The molecule has 0 aliphatic carbocycles. The molecule has 0 atom stereocenters. The molecular weight excluding hydrogens is 127 g/mol. The zero-order valence-electron chi connectivity index (χ0n) is 6.09. The molecule has 0 saturated heterocycles. The van der Waals surface area contributed by atoms with Gasteiger partial charge in [-0.15, -0.1) is 8.20 Å². The summed E-state index contributed by atoms with van der Waals surface area (Å²) in [5, 5.41) is 1.60. The summed E-state index contributed by atoms with van der Waals surface area (Å²) in [7, 11) is 1.55. The fourth-order valence-electron chi connectivity index (χ4n) is 0.900. The van der Waals surface area contributed by atoms with Crippen molar-refractivity contribution in [1.29, 1.82) is 0 Å². The third kappa shape index (κ3) is 1.95. The maximum atomic E-state index is 2.29. The van der Waals surface area contributed by atoms with Gasteiger partial charge in [-0.05, 0) is 23.8 Å². The van der Waals surface area contributed by atoms with Gasteiger partial charge in [-0.3, -0.25) is 0 Å². The minimum absolute atomic E-state index is 0.753. The van der Waals surface area contributed by atoms with Gasteiger partial charge < -0.3 is 0 Å². The van der Waals surface area contributed by atoms with E-state index in [1.54, 1.807) is 13.5 Å². The Morgan fingerprint density at radius 1 is 1.56 bits per heavy atom. The van der Waals surface area contributed by atoms with E-state index in [0.29, 0.717) is 0 Å². The van der Waals surface area contributed by atoms with Crippen LogP contribution in [0, 0.1) is 5.92 Å². The summed E-state index contributed by atoms with van der Waals surface area (Å²) in [6.45, 7) is 4.52. The van der Waals surface area contributed by atoms with Crippen LogP contribution in [0.15, 0.2) is 12.2 Å². The van der Waals surface area contributed by atoms with E-state index in [0.717, 1.165) is 5.92 Å². The highest BCUT2D eigenvalue weighted by Crippen LogP contribution is 2.15. The average Bonchev–Trinajstić information content (AvgIpc) is 1.90. The van der Waals surface area contributed by atoms with E-state index in [1.165, 1.54) is 12.6 Å². The molecule has 0 unspecified atom stereocenters. The van der Waals surface area contributed by atoms with E-state index in [2.05, 4.69) is 26.0 Å². The molecule has 0 N–H and O–H groups in total. The number of hydrogen-bond acceptors (Lipinski definition) is 0. The van der Waals surface area contributed by atoms with Gasteiger partial charge in [-0.25, -0.2) is 0 Å². The van der Waals surface area contributed by atoms with Crippen molar-refractivity contribution in [2.45, 2.75) is 20.3 Å². The van der Waals surface area contributed by atoms with E-state index in [-0.39, 0.29) is 0 Å². The summed E-state index contributed by atoms with van der Waals surface area (Å²) >= 11 is 0. The van der Waals surface area contributed by atoms with Gasteiger partial charge in [-0.2, -0.15) is 0 Å². The smallest absolute Gasteiger partial charge is 0.00689 e. The summed E-state index contributed by atoms with van der Waals surface area (Å²) in [6.07, 6.45) is 7.18. The van der Waals surface area contributed by atoms with E-state index >= 15 is 0 Å². The third-order valence-corrected chi connectivity index (χ3v) is 2.98. The third-order valence-electron chi connectivity index (χ3n) is 1.47. The first-order valence-corrected chi connectivity index (χ1v) is 4.59. The monoisotopic (exact) mass is 140 g/mol. The Labute approximate surface area is 58.8 Å². The minimum atomic E-state index is 0.753. The molecule has 1 heteroatoms. The molecule has 0 spiro atoms. The molecular formula is C8H13P. The molecule has 9 heavy (non-hydrogen) atoms. The van der Waals surface area contributed by atoms with Crippen molar-refractivity contribution in [3.8, 4) is 0 Å². The van der Waals surface area contributed by atoms with E-state index in [1.807, 2.05) is 0 Å². The summed E-state index contributed by atoms with van der Waals surface area (Å²) < 4.78 is 0. The maximum absolute atomic E-state index is 2.29. The quantitative estimate of drug-likeness (QED) is 0.491. The van der Waals surface area contributed by atoms with Crippen LogP contribution in [-0.4, -0.2) is 11.5 Å². The molecule has 0 nitrogen and oxygen atoms in total. The van der Waals surface area contributed by atoms with Crippen LogP contribution in [0.1, 0.15) is 20.3 Å². The van der Waals surface area contributed by atoms with Gasteiger partial charge >= 0.3 is 0 Å². The molecule has 1 rings (SSSR count). The zero-order chi connectivity index (χ0) is 6.69. The molecule has 0 saturated carbocycles. The highest BCUT2D eigenvalue weighted by molar-refractivity contribution is 7.41. The number of hydrogen-bond donors (Lipinski definition) is 0. The lowest BCUT2D eigenvalue weighted by Gasteiger charge is -2.08. The van der Waals surface area contributed by atoms with Crippen molar-refractivity contribution in [3.63, 3.8) is 0 Å². The van der Waals surface area contributed by atoms with Crippen LogP contribution in [-0.2, 0) is 0 Å². The van der Waals surface area contributed by atoms with Crippen molar-refractivity contribution in [1.82, 2.24) is 0 Å². The summed E-state index contributed by atoms with van der Waals surface area (Å²) in [5.74, 6) is 0.753. The number of allylic oxidation sites excluding steroid dienone is 2. The van der Waals surface area contributed by atoms with Gasteiger partial charge in [0.2, 0.25) is 0 Å². The van der Waals surface area contributed by atoms with Gasteiger partial charge in [0.05, 0.1) is 0 Å². The van der Waals surface area contributed by atoms with Crippen LogP contribution in [0.2, 0.25) is 0 Å². The topological polar surface area (TPSA) is 0 Å².